The number of nitrogens with one attached hydrogen (secondary N) is 1. The Morgan fingerprint density at radius 3 is 2.67 bits per heavy atom. The Hall–Kier alpha value is -1.96. The predicted molar refractivity (Wildman–Crippen MR) is 97.3 cm³/mol. The minimum absolute atomic E-state index is 0.249. The van der Waals surface area contributed by atoms with Gasteiger partial charge in [0.1, 0.15) is 11.7 Å². The van der Waals surface area contributed by atoms with E-state index < -0.39 is 17.9 Å². The molecule has 0 aromatic carbocycles. The molecule has 8 heteroatoms. The van der Waals surface area contributed by atoms with Crippen LogP contribution in [0.3, 0.4) is 0 Å². The summed E-state index contributed by atoms with van der Waals surface area (Å²) in [6, 6.07) is 2.81. The highest BCUT2D eigenvalue weighted by atomic mass is 19.3. The number of hydrogen-bond acceptors (Lipinski definition) is 5. The number of nitrogens with zero attached hydrogens (tertiary/aromatic N) is 2. The number of hydrogen-bond donors (Lipinski definition) is 2. The van der Waals surface area contributed by atoms with Crippen LogP contribution in [-0.2, 0) is 11.3 Å². The number of rotatable bonds is 10. The first kappa shape index (κ1) is 19.8. The quantitative estimate of drug-likeness (QED) is 0.647. The van der Waals surface area contributed by atoms with Crippen molar-refractivity contribution in [3.8, 4) is 5.88 Å². The Labute approximate surface area is 157 Å². The van der Waals surface area contributed by atoms with Crippen molar-refractivity contribution in [2.24, 2.45) is 11.8 Å². The lowest BCUT2D eigenvalue weighted by atomic mass is 10.0. The number of carbonyl (C=O) groups is 1. The lowest BCUT2D eigenvalue weighted by Gasteiger charge is -2.40. The fourth-order valence-electron chi connectivity index (χ4n) is 3.05. The Kier molecular flexibility index (Phi) is 5.83. The monoisotopic (exact) mass is 383 g/mol. The van der Waals surface area contributed by atoms with E-state index in [4.69, 9.17) is 4.74 Å². The molecule has 2 heterocycles. The molecule has 6 nitrogen and oxygen atoms in total. The molecule has 2 N–H and O–H groups in total. The number of anilines is 1. The van der Waals surface area contributed by atoms with E-state index in [0.29, 0.717) is 36.2 Å². The van der Waals surface area contributed by atoms with Crippen molar-refractivity contribution in [2.45, 2.75) is 51.6 Å². The molecule has 0 radical (unpaired) electrons. The van der Waals surface area contributed by atoms with Gasteiger partial charge >= 0.3 is 5.97 Å². The van der Waals surface area contributed by atoms with Crippen molar-refractivity contribution in [1.82, 2.24) is 10.3 Å². The van der Waals surface area contributed by atoms with Crippen LogP contribution in [0.15, 0.2) is 12.1 Å². The van der Waals surface area contributed by atoms with Crippen LogP contribution in [0.25, 0.3) is 0 Å². The van der Waals surface area contributed by atoms with Gasteiger partial charge < -0.3 is 14.7 Å². The largest absolute Gasteiger partial charge is 0.480 e. The Morgan fingerprint density at radius 2 is 2.11 bits per heavy atom. The molecule has 1 aromatic rings. The van der Waals surface area contributed by atoms with E-state index in [1.807, 2.05) is 13.8 Å². The molecule has 2 fully saturated rings. The lowest BCUT2D eigenvalue weighted by molar-refractivity contribution is -0.140. The summed E-state index contributed by atoms with van der Waals surface area (Å²) in [6.45, 7) is 4.09. The fraction of sp³-hybridized carbons (Fsp3) is 0.684. The van der Waals surface area contributed by atoms with Crippen molar-refractivity contribution >= 4 is 11.7 Å². The van der Waals surface area contributed by atoms with Gasteiger partial charge in [0.05, 0.1) is 25.4 Å². The molecule has 2 aliphatic rings. The van der Waals surface area contributed by atoms with E-state index in [-0.39, 0.29) is 25.6 Å². The van der Waals surface area contributed by atoms with Crippen LogP contribution < -0.4 is 15.0 Å². The summed E-state index contributed by atoms with van der Waals surface area (Å²) in [7, 11) is 0. The summed E-state index contributed by atoms with van der Waals surface area (Å²) in [6.07, 6.45) is 2.75. The van der Waals surface area contributed by atoms with Gasteiger partial charge in [-0.2, -0.15) is 0 Å². The van der Waals surface area contributed by atoms with Gasteiger partial charge in [-0.3, -0.25) is 10.1 Å². The first-order valence-electron chi connectivity index (χ1n) is 9.45. The molecule has 1 saturated heterocycles. The van der Waals surface area contributed by atoms with Crippen LogP contribution in [0.5, 0.6) is 5.88 Å². The number of carboxylic acids is 1. The molecule has 1 atom stereocenters. The highest BCUT2D eigenvalue weighted by Gasteiger charge is 2.45. The van der Waals surface area contributed by atoms with Crippen LogP contribution in [0.4, 0.5) is 14.5 Å². The maximum atomic E-state index is 13.2. The average molecular weight is 383 g/mol. The number of aliphatic carboxylic acids is 1. The van der Waals surface area contributed by atoms with Gasteiger partial charge in [0.2, 0.25) is 5.88 Å². The number of carboxylic acid groups (broad SMARTS) is 1. The van der Waals surface area contributed by atoms with Gasteiger partial charge in [0, 0.05) is 6.54 Å². The highest BCUT2D eigenvalue weighted by Crippen LogP contribution is 2.37. The summed E-state index contributed by atoms with van der Waals surface area (Å²) in [5.74, 6) is -2.44. The first-order chi connectivity index (χ1) is 12.7. The minimum Gasteiger partial charge on any atom is -0.480 e. The van der Waals surface area contributed by atoms with Crippen LogP contribution >= 0.6 is 0 Å². The molecule has 1 unspecified atom stereocenters. The standard InChI is InChI=1S/C19H27F2N3O3/c1-12(2)7-15(18(25)26)22-8-14-5-6-16(24-10-19(20,21)11-24)17(23-14)27-9-13-3-4-13/h5-6,12-13,15,22H,3-4,7-11H2,1-2H3,(H,25,26). The summed E-state index contributed by atoms with van der Waals surface area (Å²) >= 11 is 0. The average Bonchev–Trinajstić information content (AvgIpc) is 3.38. The molecule has 1 aromatic heterocycles. The lowest BCUT2D eigenvalue weighted by Crippen LogP contribution is -2.56. The molecule has 0 bridgehead atoms. The van der Waals surface area contributed by atoms with Crippen molar-refractivity contribution in [2.75, 3.05) is 24.6 Å². The van der Waals surface area contributed by atoms with Gasteiger partial charge in [-0.1, -0.05) is 13.8 Å². The summed E-state index contributed by atoms with van der Waals surface area (Å²) in [4.78, 5) is 17.4. The van der Waals surface area contributed by atoms with Crippen molar-refractivity contribution < 1.29 is 23.4 Å². The van der Waals surface area contributed by atoms with Crippen molar-refractivity contribution in [1.29, 1.82) is 0 Å². The molecule has 0 spiro atoms. The predicted octanol–water partition coefficient (Wildman–Crippen LogP) is 2.91. The van der Waals surface area contributed by atoms with Gasteiger partial charge in [-0.15, -0.1) is 0 Å². The number of pyridine rings is 1. The number of ether oxygens (including phenoxy) is 1. The molecule has 27 heavy (non-hydrogen) atoms. The molecule has 150 valence electrons. The third-order valence-corrected chi connectivity index (χ3v) is 4.77. The number of aromatic nitrogens is 1. The van der Waals surface area contributed by atoms with Crippen LogP contribution in [0.1, 0.15) is 38.8 Å². The van der Waals surface area contributed by atoms with E-state index >= 15 is 0 Å². The molecule has 1 aliphatic carbocycles. The van der Waals surface area contributed by atoms with Crippen molar-refractivity contribution in [3.05, 3.63) is 17.8 Å². The van der Waals surface area contributed by atoms with E-state index in [0.717, 1.165) is 12.8 Å². The molecular weight excluding hydrogens is 356 g/mol. The van der Waals surface area contributed by atoms with Crippen LogP contribution in [-0.4, -0.2) is 47.7 Å². The number of alkyl halides is 2. The van der Waals surface area contributed by atoms with Crippen molar-refractivity contribution in [3.63, 3.8) is 0 Å². The van der Waals surface area contributed by atoms with E-state index in [1.165, 1.54) is 0 Å². The van der Waals surface area contributed by atoms with E-state index in [9.17, 15) is 18.7 Å². The first-order valence-corrected chi connectivity index (χ1v) is 9.45. The molecule has 3 rings (SSSR count). The zero-order chi connectivity index (χ0) is 19.6. The second-order valence-corrected chi connectivity index (χ2v) is 7.99. The topological polar surface area (TPSA) is 74.7 Å². The van der Waals surface area contributed by atoms with Gasteiger partial charge in [0.25, 0.3) is 5.92 Å². The van der Waals surface area contributed by atoms with Gasteiger partial charge in [0.15, 0.2) is 0 Å². The summed E-state index contributed by atoms with van der Waals surface area (Å²) in [5, 5.41) is 12.3. The van der Waals surface area contributed by atoms with Gasteiger partial charge in [-0.05, 0) is 43.2 Å². The Bertz CT molecular complexity index is 672. The molecule has 0 amide bonds. The SMILES string of the molecule is CC(C)CC(NCc1ccc(N2CC(F)(F)C2)c(OCC2CC2)n1)C(=O)O. The second-order valence-electron chi connectivity index (χ2n) is 7.99. The third-order valence-electron chi connectivity index (χ3n) is 4.77. The van der Waals surface area contributed by atoms with Gasteiger partial charge in [-0.25, -0.2) is 13.8 Å². The maximum Gasteiger partial charge on any atom is 0.320 e. The summed E-state index contributed by atoms with van der Waals surface area (Å²) < 4.78 is 32.3. The van der Waals surface area contributed by atoms with E-state index in [1.54, 1.807) is 17.0 Å². The van der Waals surface area contributed by atoms with Crippen LogP contribution in [0.2, 0.25) is 0 Å². The zero-order valence-corrected chi connectivity index (χ0v) is 15.8. The zero-order valence-electron chi connectivity index (χ0n) is 15.8. The third kappa shape index (κ3) is 5.51. The molecular formula is C19H27F2N3O3. The Balaban J connectivity index is 1.67. The van der Waals surface area contributed by atoms with Crippen LogP contribution in [0, 0.1) is 11.8 Å². The minimum atomic E-state index is -2.67. The smallest absolute Gasteiger partial charge is 0.320 e. The second kappa shape index (κ2) is 7.96. The highest BCUT2D eigenvalue weighted by molar-refractivity contribution is 5.73. The maximum absolute atomic E-state index is 13.2. The normalized spacial score (nSPS) is 19.7. The fourth-order valence-corrected chi connectivity index (χ4v) is 3.05. The molecule has 1 saturated carbocycles. The molecule has 1 aliphatic heterocycles. The Morgan fingerprint density at radius 1 is 1.41 bits per heavy atom. The summed E-state index contributed by atoms with van der Waals surface area (Å²) in [5.41, 5.74) is 1.20. The number of halogens is 2. The van der Waals surface area contributed by atoms with E-state index in [2.05, 4.69) is 10.3 Å².